The zero-order valence-corrected chi connectivity index (χ0v) is 12.9. The number of hydrogen-bond donors (Lipinski definition) is 2. The molecule has 0 saturated carbocycles. The average Bonchev–Trinajstić information content (AvgIpc) is 2.78. The fraction of sp³-hybridized carbons (Fsp3) is 0.375. The molecule has 1 aliphatic rings. The van der Waals surface area contributed by atoms with Crippen molar-refractivity contribution in [3.05, 3.63) is 35.2 Å². The first-order chi connectivity index (χ1) is 10.5. The van der Waals surface area contributed by atoms with E-state index in [-0.39, 0.29) is 5.91 Å². The summed E-state index contributed by atoms with van der Waals surface area (Å²) in [5.74, 6) is -0.356. The lowest BCUT2D eigenvalue weighted by atomic mass is 9.92. The lowest BCUT2D eigenvalue weighted by Crippen LogP contribution is -2.40. The van der Waals surface area contributed by atoms with Gasteiger partial charge in [-0.3, -0.25) is 10.1 Å². The van der Waals surface area contributed by atoms with E-state index in [9.17, 15) is 9.59 Å². The normalized spacial score (nSPS) is 21.0. The maximum absolute atomic E-state index is 12.0. The molecule has 6 heteroatoms. The van der Waals surface area contributed by atoms with Crippen molar-refractivity contribution in [2.75, 3.05) is 0 Å². The third-order valence-corrected chi connectivity index (χ3v) is 4.11. The second kappa shape index (κ2) is 5.05. The summed E-state index contributed by atoms with van der Waals surface area (Å²) >= 11 is 0. The van der Waals surface area contributed by atoms with Gasteiger partial charge < -0.3 is 5.32 Å². The molecular weight excluding hydrogens is 280 g/mol. The van der Waals surface area contributed by atoms with Crippen LogP contribution in [0.2, 0.25) is 0 Å². The lowest BCUT2D eigenvalue weighted by Gasteiger charge is -2.21. The summed E-state index contributed by atoms with van der Waals surface area (Å²) < 4.78 is 0. The monoisotopic (exact) mass is 298 g/mol. The van der Waals surface area contributed by atoms with Crippen LogP contribution < -0.4 is 10.6 Å². The third-order valence-electron chi connectivity index (χ3n) is 4.11. The van der Waals surface area contributed by atoms with Gasteiger partial charge in [-0.05, 0) is 37.5 Å². The number of aromatic nitrogens is 2. The summed E-state index contributed by atoms with van der Waals surface area (Å²) in [4.78, 5) is 32.8. The molecular formula is C16H18N4O2. The molecule has 1 atom stereocenters. The molecule has 1 aromatic carbocycles. The van der Waals surface area contributed by atoms with E-state index in [1.807, 2.05) is 25.1 Å². The molecule has 1 fully saturated rings. The lowest BCUT2D eigenvalue weighted by molar-refractivity contribution is -0.123. The molecule has 0 radical (unpaired) electrons. The van der Waals surface area contributed by atoms with E-state index < -0.39 is 11.6 Å². The molecule has 1 aliphatic heterocycles. The van der Waals surface area contributed by atoms with Gasteiger partial charge in [0.2, 0.25) is 0 Å². The summed E-state index contributed by atoms with van der Waals surface area (Å²) in [6, 6.07) is 5.01. The number of aryl methyl sites for hydroxylation is 2. The van der Waals surface area contributed by atoms with Crippen LogP contribution in [0.3, 0.4) is 0 Å². The summed E-state index contributed by atoms with van der Waals surface area (Å²) in [5, 5.41) is 4.93. The minimum absolute atomic E-state index is 0.356. The molecule has 1 saturated heterocycles. The first kappa shape index (κ1) is 14.4. The van der Waals surface area contributed by atoms with Gasteiger partial charge in [0, 0.05) is 0 Å². The zero-order valence-electron chi connectivity index (χ0n) is 12.9. The first-order valence-electron chi connectivity index (χ1n) is 7.41. The van der Waals surface area contributed by atoms with E-state index in [0.717, 1.165) is 35.3 Å². The number of amides is 3. The van der Waals surface area contributed by atoms with Crippen LogP contribution in [0, 0.1) is 0 Å². The molecule has 2 heterocycles. The van der Waals surface area contributed by atoms with Crippen molar-refractivity contribution >= 4 is 23.0 Å². The highest BCUT2D eigenvalue weighted by Gasteiger charge is 2.43. The second-order valence-corrected chi connectivity index (χ2v) is 5.56. The van der Waals surface area contributed by atoms with Gasteiger partial charge >= 0.3 is 6.03 Å². The van der Waals surface area contributed by atoms with Crippen LogP contribution in [0.25, 0.3) is 11.0 Å². The van der Waals surface area contributed by atoms with Gasteiger partial charge in [-0.1, -0.05) is 19.9 Å². The maximum atomic E-state index is 12.0. The Morgan fingerprint density at radius 2 is 1.68 bits per heavy atom. The summed E-state index contributed by atoms with van der Waals surface area (Å²) in [5.41, 5.74) is 3.14. The molecule has 2 aromatic rings. The number of urea groups is 1. The highest BCUT2D eigenvalue weighted by atomic mass is 16.2. The van der Waals surface area contributed by atoms with Crippen LogP contribution in [0.15, 0.2) is 18.2 Å². The smallest absolute Gasteiger partial charge is 0.320 e. The standard InChI is InChI=1S/C16H18N4O2/c1-4-10-11(5-2)18-13-8-9(6-7-12(13)17-10)16(3)14(21)19-15(22)20-16/h6-8H,4-5H2,1-3H3,(H2,19,20,21,22). The van der Waals surface area contributed by atoms with Crippen molar-refractivity contribution in [1.29, 1.82) is 0 Å². The second-order valence-electron chi connectivity index (χ2n) is 5.56. The third kappa shape index (κ3) is 2.11. The number of rotatable bonds is 3. The van der Waals surface area contributed by atoms with E-state index in [4.69, 9.17) is 0 Å². The number of fused-ring (bicyclic) bond motifs is 1. The fourth-order valence-electron chi connectivity index (χ4n) is 2.75. The van der Waals surface area contributed by atoms with E-state index in [2.05, 4.69) is 27.5 Å². The van der Waals surface area contributed by atoms with E-state index in [1.165, 1.54) is 0 Å². The summed E-state index contributed by atoms with van der Waals surface area (Å²) in [6.07, 6.45) is 1.65. The number of hydrogen-bond acceptors (Lipinski definition) is 4. The Balaban J connectivity index is 2.14. The maximum Gasteiger partial charge on any atom is 0.322 e. The molecule has 3 rings (SSSR count). The number of imide groups is 1. The fourth-order valence-corrected chi connectivity index (χ4v) is 2.75. The predicted octanol–water partition coefficient (Wildman–Crippen LogP) is 1.81. The van der Waals surface area contributed by atoms with E-state index in [0.29, 0.717) is 5.56 Å². The van der Waals surface area contributed by atoms with E-state index >= 15 is 0 Å². The molecule has 0 aliphatic carbocycles. The number of nitrogens with zero attached hydrogens (tertiary/aromatic N) is 2. The Labute approximate surface area is 128 Å². The van der Waals surface area contributed by atoms with Gasteiger partial charge in [0.15, 0.2) is 0 Å². The van der Waals surface area contributed by atoms with Gasteiger partial charge in [-0.2, -0.15) is 0 Å². The summed E-state index contributed by atoms with van der Waals surface area (Å²) in [6.45, 7) is 5.79. The molecule has 1 unspecified atom stereocenters. The predicted molar refractivity (Wildman–Crippen MR) is 82.3 cm³/mol. The molecule has 0 bridgehead atoms. The molecule has 0 spiro atoms. The Bertz CT molecular complexity index is 787. The molecule has 22 heavy (non-hydrogen) atoms. The topological polar surface area (TPSA) is 84.0 Å². The van der Waals surface area contributed by atoms with Crippen LogP contribution in [0.5, 0.6) is 0 Å². The van der Waals surface area contributed by atoms with Gasteiger partial charge in [-0.15, -0.1) is 0 Å². The number of nitrogens with one attached hydrogen (secondary N) is 2. The van der Waals surface area contributed by atoms with E-state index in [1.54, 1.807) is 6.92 Å². The van der Waals surface area contributed by atoms with Crippen LogP contribution in [-0.2, 0) is 23.2 Å². The molecule has 1 aromatic heterocycles. The van der Waals surface area contributed by atoms with Gasteiger partial charge in [0.05, 0.1) is 22.4 Å². The highest BCUT2D eigenvalue weighted by molar-refractivity contribution is 6.07. The highest BCUT2D eigenvalue weighted by Crippen LogP contribution is 2.27. The van der Waals surface area contributed by atoms with Crippen LogP contribution >= 0.6 is 0 Å². The van der Waals surface area contributed by atoms with Gasteiger partial charge in [0.1, 0.15) is 5.54 Å². The Morgan fingerprint density at radius 1 is 1.05 bits per heavy atom. The van der Waals surface area contributed by atoms with Crippen molar-refractivity contribution in [3.63, 3.8) is 0 Å². The molecule has 3 amide bonds. The first-order valence-corrected chi connectivity index (χ1v) is 7.41. The zero-order chi connectivity index (χ0) is 15.9. The minimum Gasteiger partial charge on any atom is -0.320 e. The number of benzene rings is 1. The van der Waals surface area contributed by atoms with Crippen molar-refractivity contribution in [1.82, 2.24) is 20.6 Å². The molecule has 2 N–H and O–H groups in total. The Hall–Kier alpha value is -2.50. The van der Waals surface area contributed by atoms with Crippen molar-refractivity contribution < 1.29 is 9.59 Å². The molecule has 114 valence electrons. The average molecular weight is 298 g/mol. The van der Waals surface area contributed by atoms with Crippen LogP contribution in [0.1, 0.15) is 37.7 Å². The number of carbonyl (C=O) groups is 2. The number of carbonyl (C=O) groups excluding carboxylic acids is 2. The Morgan fingerprint density at radius 3 is 2.23 bits per heavy atom. The largest absolute Gasteiger partial charge is 0.322 e. The van der Waals surface area contributed by atoms with Crippen molar-refractivity contribution in [2.45, 2.75) is 39.2 Å². The van der Waals surface area contributed by atoms with Crippen molar-refractivity contribution in [3.8, 4) is 0 Å². The van der Waals surface area contributed by atoms with Crippen LogP contribution in [-0.4, -0.2) is 21.9 Å². The minimum atomic E-state index is -1.07. The summed E-state index contributed by atoms with van der Waals surface area (Å²) in [7, 11) is 0. The van der Waals surface area contributed by atoms with Gasteiger partial charge in [0.25, 0.3) is 5.91 Å². The SMILES string of the molecule is CCc1nc2ccc(C3(C)NC(=O)NC3=O)cc2nc1CC. The molecule has 6 nitrogen and oxygen atoms in total. The Kier molecular flexibility index (Phi) is 3.31. The van der Waals surface area contributed by atoms with Crippen LogP contribution in [0.4, 0.5) is 4.79 Å². The van der Waals surface area contributed by atoms with Crippen molar-refractivity contribution in [2.24, 2.45) is 0 Å². The quantitative estimate of drug-likeness (QED) is 0.846. The van der Waals surface area contributed by atoms with Gasteiger partial charge in [-0.25, -0.2) is 14.8 Å².